The molecule has 1 atom stereocenters. The van der Waals surface area contributed by atoms with Gasteiger partial charge in [0.2, 0.25) is 0 Å². The average Bonchev–Trinajstić information content (AvgIpc) is 2.46. The fourth-order valence-electron chi connectivity index (χ4n) is 1.68. The van der Waals surface area contributed by atoms with Crippen molar-refractivity contribution in [2.45, 2.75) is 26.5 Å². The molecule has 1 amide bonds. The second kappa shape index (κ2) is 4.31. The van der Waals surface area contributed by atoms with E-state index in [0.717, 1.165) is 5.56 Å². The number of halogens is 1. The molecule has 17 heavy (non-hydrogen) atoms. The Hall–Kier alpha value is -1.06. The normalized spacial score (nSPS) is 23.2. The minimum atomic E-state index is -0.582. The van der Waals surface area contributed by atoms with Crippen LogP contribution in [0.3, 0.4) is 0 Å². The first-order valence-corrected chi connectivity index (χ1v) is 5.86. The number of hydrogen-bond donors (Lipinski definition) is 0. The maximum atomic E-state index is 12.1. The Bertz CT molecular complexity index is 445. The van der Waals surface area contributed by atoms with Crippen LogP contribution in [0.4, 0.5) is 0 Å². The van der Waals surface area contributed by atoms with Crippen molar-refractivity contribution in [2.75, 3.05) is 0 Å². The van der Waals surface area contributed by atoms with Crippen LogP contribution >= 0.6 is 11.6 Å². The lowest BCUT2D eigenvalue weighted by Gasteiger charge is -2.17. The number of benzene rings is 1. The van der Waals surface area contributed by atoms with Crippen LogP contribution in [0.5, 0.6) is 0 Å². The quantitative estimate of drug-likeness (QED) is 0.810. The van der Waals surface area contributed by atoms with Crippen LogP contribution in [-0.4, -0.2) is 17.1 Å². The maximum Gasteiger partial charge on any atom is 0.254 e. The first-order chi connectivity index (χ1) is 7.93. The highest BCUT2D eigenvalue weighted by molar-refractivity contribution is 6.31. The molecule has 1 aromatic rings. The number of carbonyl (C=O) groups excluding carboxylic acids is 1. The van der Waals surface area contributed by atoms with E-state index in [2.05, 4.69) is 6.92 Å². The van der Waals surface area contributed by atoms with Crippen molar-refractivity contribution in [3.8, 4) is 0 Å². The van der Waals surface area contributed by atoms with E-state index < -0.39 is 5.41 Å². The van der Waals surface area contributed by atoms with Crippen molar-refractivity contribution in [2.24, 2.45) is 5.41 Å². The number of rotatable bonds is 2. The molecule has 3 nitrogen and oxygen atoms in total. The van der Waals surface area contributed by atoms with E-state index >= 15 is 0 Å². The highest BCUT2D eigenvalue weighted by Crippen LogP contribution is 2.34. The second-order valence-corrected chi connectivity index (χ2v) is 5.16. The Labute approximate surface area is 106 Å². The van der Waals surface area contributed by atoms with Gasteiger partial charge in [0, 0.05) is 5.02 Å². The molecule has 1 aliphatic rings. The zero-order chi connectivity index (χ0) is 12.6. The van der Waals surface area contributed by atoms with Gasteiger partial charge in [0.25, 0.3) is 5.91 Å². The van der Waals surface area contributed by atoms with Gasteiger partial charge in [0.05, 0.1) is 18.1 Å². The Morgan fingerprint density at radius 3 is 2.65 bits per heavy atom. The second-order valence-electron chi connectivity index (χ2n) is 4.75. The molecule has 0 spiro atoms. The molecule has 2 rings (SSSR count). The molecule has 91 valence electrons. The van der Waals surface area contributed by atoms with Gasteiger partial charge in [-0.15, -0.1) is 0 Å². The first kappa shape index (κ1) is 12.4. The Morgan fingerprint density at radius 2 is 2.12 bits per heavy atom. The third-order valence-corrected chi connectivity index (χ3v) is 3.48. The van der Waals surface area contributed by atoms with Crippen LogP contribution in [0, 0.1) is 12.3 Å². The lowest BCUT2D eigenvalue weighted by atomic mass is 9.87. The molecule has 0 saturated carbocycles. The number of hydroxylamine groups is 2. The zero-order valence-corrected chi connectivity index (χ0v) is 10.7. The Kier molecular flexibility index (Phi) is 3.15. The van der Waals surface area contributed by atoms with Crippen molar-refractivity contribution < 1.29 is 9.63 Å². The lowest BCUT2D eigenvalue weighted by molar-refractivity contribution is -0.171. The van der Waals surface area contributed by atoms with E-state index in [1.807, 2.05) is 32.0 Å². The van der Waals surface area contributed by atoms with Crippen molar-refractivity contribution in [1.82, 2.24) is 5.06 Å². The molecule has 1 aliphatic heterocycles. The standard InChI is InChI=1S/C13H15ClNO2/c1-9-13(2,3)12(16)15(17-9)8-10-6-4-5-7-11(10)14/h4-7,9H,1,8H2,2-3H3. The smallest absolute Gasteiger partial charge is 0.254 e. The van der Waals surface area contributed by atoms with Gasteiger partial charge in [-0.3, -0.25) is 9.63 Å². The molecule has 4 heteroatoms. The molecule has 0 aliphatic carbocycles. The van der Waals surface area contributed by atoms with Crippen LogP contribution in [0.1, 0.15) is 19.4 Å². The fraction of sp³-hybridized carbons (Fsp3) is 0.385. The van der Waals surface area contributed by atoms with Crippen LogP contribution in [0.15, 0.2) is 24.3 Å². The zero-order valence-electron chi connectivity index (χ0n) is 9.94. The molecular formula is C13H15ClNO2. The summed E-state index contributed by atoms with van der Waals surface area (Å²) < 4.78 is 0. The monoisotopic (exact) mass is 252 g/mol. The molecule has 1 aromatic carbocycles. The molecule has 0 N–H and O–H groups in total. The van der Waals surface area contributed by atoms with Gasteiger partial charge in [-0.25, -0.2) is 5.06 Å². The number of nitrogens with zero attached hydrogens (tertiary/aromatic N) is 1. The van der Waals surface area contributed by atoms with Gasteiger partial charge in [0.1, 0.15) is 0 Å². The van der Waals surface area contributed by atoms with Crippen molar-refractivity contribution in [1.29, 1.82) is 0 Å². The largest absolute Gasteiger partial charge is 0.272 e. The predicted octanol–water partition coefficient (Wildman–Crippen LogP) is 2.84. The molecule has 0 aromatic heterocycles. The summed E-state index contributed by atoms with van der Waals surface area (Å²) in [6, 6.07) is 7.41. The molecular weight excluding hydrogens is 238 g/mol. The van der Waals surface area contributed by atoms with Gasteiger partial charge >= 0.3 is 0 Å². The summed E-state index contributed by atoms with van der Waals surface area (Å²) in [5, 5.41) is 1.98. The van der Waals surface area contributed by atoms with Crippen LogP contribution < -0.4 is 0 Å². The summed E-state index contributed by atoms with van der Waals surface area (Å²) in [5.41, 5.74) is 0.286. The van der Waals surface area contributed by atoms with Crippen LogP contribution in [0.2, 0.25) is 5.02 Å². The van der Waals surface area contributed by atoms with Crippen molar-refractivity contribution in [3.63, 3.8) is 0 Å². The summed E-state index contributed by atoms with van der Waals surface area (Å²) in [7, 11) is 0. The van der Waals surface area contributed by atoms with E-state index in [4.69, 9.17) is 16.4 Å². The first-order valence-electron chi connectivity index (χ1n) is 5.48. The Balaban J connectivity index is 2.17. The number of amides is 1. The molecule has 1 saturated heterocycles. The summed E-state index contributed by atoms with van der Waals surface area (Å²) in [4.78, 5) is 17.5. The topological polar surface area (TPSA) is 29.5 Å². The van der Waals surface area contributed by atoms with Gasteiger partial charge in [-0.05, 0) is 32.4 Å². The van der Waals surface area contributed by atoms with Gasteiger partial charge in [-0.1, -0.05) is 29.8 Å². The van der Waals surface area contributed by atoms with Gasteiger partial charge in [0.15, 0.2) is 0 Å². The third-order valence-electron chi connectivity index (χ3n) is 3.11. The highest BCUT2D eigenvalue weighted by atomic mass is 35.5. The minimum absolute atomic E-state index is 0.0579. The van der Waals surface area contributed by atoms with E-state index in [1.54, 1.807) is 6.07 Å². The number of carbonyl (C=O) groups is 1. The Morgan fingerprint density at radius 1 is 1.47 bits per heavy atom. The maximum absolute atomic E-state index is 12.1. The molecule has 1 radical (unpaired) electrons. The lowest BCUT2D eigenvalue weighted by Crippen LogP contribution is -2.32. The fourth-order valence-corrected chi connectivity index (χ4v) is 1.88. The molecule has 1 unspecified atom stereocenters. The van der Waals surface area contributed by atoms with E-state index in [1.165, 1.54) is 5.06 Å². The van der Waals surface area contributed by atoms with Crippen LogP contribution in [0.25, 0.3) is 0 Å². The molecule has 0 bridgehead atoms. The van der Waals surface area contributed by atoms with Gasteiger partial charge in [-0.2, -0.15) is 0 Å². The van der Waals surface area contributed by atoms with E-state index in [0.29, 0.717) is 11.6 Å². The summed E-state index contributed by atoms with van der Waals surface area (Å²) in [5.74, 6) is -0.0579. The van der Waals surface area contributed by atoms with E-state index in [9.17, 15) is 4.79 Å². The summed E-state index contributed by atoms with van der Waals surface area (Å²) in [6.45, 7) is 7.86. The van der Waals surface area contributed by atoms with Crippen molar-refractivity contribution in [3.05, 3.63) is 41.8 Å². The highest BCUT2D eigenvalue weighted by Gasteiger charge is 2.46. The predicted molar refractivity (Wildman–Crippen MR) is 66.0 cm³/mol. The summed E-state index contributed by atoms with van der Waals surface area (Å²) in [6.07, 6.45) is -0.363. The van der Waals surface area contributed by atoms with Crippen molar-refractivity contribution >= 4 is 17.5 Å². The third kappa shape index (κ3) is 2.17. The molecule has 1 heterocycles. The minimum Gasteiger partial charge on any atom is -0.272 e. The average molecular weight is 253 g/mol. The van der Waals surface area contributed by atoms with E-state index in [-0.39, 0.29) is 12.0 Å². The van der Waals surface area contributed by atoms with Gasteiger partial charge < -0.3 is 0 Å². The molecule has 1 fully saturated rings. The number of hydrogen-bond acceptors (Lipinski definition) is 2. The SMILES string of the molecule is [CH2]C1ON(Cc2ccccc2Cl)C(=O)C1(C)C. The summed E-state index contributed by atoms with van der Waals surface area (Å²) >= 11 is 6.05. The van der Waals surface area contributed by atoms with Crippen LogP contribution in [-0.2, 0) is 16.2 Å².